The van der Waals surface area contributed by atoms with Crippen LogP contribution in [0.25, 0.3) is 0 Å². The third-order valence-corrected chi connectivity index (χ3v) is 4.85. The Morgan fingerprint density at radius 1 is 1.24 bits per heavy atom. The number of sulfonamides is 1. The number of aromatic nitrogens is 3. The molecule has 1 N–H and O–H groups in total. The molecular weight excluding hydrogens is 288 g/mol. The van der Waals surface area contributed by atoms with Crippen LogP contribution in [0.5, 0.6) is 0 Å². The Hall–Kier alpha value is -1.73. The van der Waals surface area contributed by atoms with E-state index in [2.05, 4.69) is 14.8 Å². The van der Waals surface area contributed by atoms with Crippen molar-refractivity contribution in [1.29, 1.82) is 0 Å². The number of hydrogen-bond acceptors (Lipinski definition) is 4. The third kappa shape index (κ3) is 4.95. The third-order valence-electron chi connectivity index (χ3n) is 3.15. The second kappa shape index (κ2) is 6.82. The molecule has 2 atom stereocenters. The lowest BCUT2D eigenvalue weighted by Gasteiger charge is -2.17. The van der Waals surface area contributed by atoms with Crippen LogP contribution in [-0.2, 0) is 16.6 Å². The van der Waals surface area contributed by atoms with Crippen molar-refractivity contribution in [3.63, 3.8) is 0 Å². The van der Waals surface area contributed by atoms with Gasteiger partial charge in [-0.1, -0.05) is 37.3 Å². The van der Waals surface area contributed by atoms with Crippen molar-refractivity contribution in [3.05, 3.63) is 48.5 Å². The van der Waals surface area contributed by atoms with Crippen LogP contribution in [-0.4, -0.2) is 35.0 Å². The van der Waals surface area contributed by atoms with E-state index in [0.717, 1.165) is 5.56 Å². The van der Waals surface area contributed by atoms with E-state index in [1.54, 1.807) is 11.0 Å². The first kappa shape index (κ1) is 15.7. The van der Waals surface area contributed by atoms with Gasteiger partial charge in [0, 0.05) is 6.04 Å². The zero-order chi connectivity index (χ0) is 15.3. The fourth-order valence-electron chi connectivity index (χ4n) is 2.21. The molecule has 1 aromatic carbocycles. The Kier molecular flexibility index (Phi) is 5.08. The summed E-state index contributed by atoms with van der Waals surface area (Å²) in [5, 5.41) is 3.97. The van der Waals surface area contributed by atoms with E-state index < -0.39 is 10.0 Å². The lowest BCUT2D eigenvalue weighted by Crippen LogP contribution is -2.38. The van der Waals surface area contributed by atoms with Crippen molar-refractivity contribution >= 4 is 10.0 Å². The summed E-state index contributed by atoms with van der Waals surface area (Å²) in [6, 6.07) is 9.40. The largest absolute Gasteiger partial charge is 0.251 e. The normalized spacial score (nSPS) is 14.8. The van der Waals surface area contributed by atoms with Crippen molar-refractivity contribution in [2.45, 2.75) is 32.4 Å². The van der Waals surface area contributed by atoms with Gasteiger partial charge in [0.15, 0.2) is 0 Å². The minimum absolute atomic E-state index is 0.0535. The monoisotopic (exact) mass is 308 g/mol. The standard InChI is InChI=1S/C14H20N4O2S/c1-12(14-6-4-3-5-7-14)9-21(19,20)17-13(2)8-18-11-15-10-16-18/h3-7,10-13,17H,8-9H2,1-2H3/t12-,13+/m1/s1. The summed E-state index contributed by atoms with van der Waals surface area (Å²) < 4.78 is 28.7. The van der Waals surface area contributed by atoms with Gasteiger partial charge in [-0.3, -0.25) is 4.68 Å². The van der Waals surface area contributed by atoms with Gasteiger partial charge in [-0.25, -0.2) is 18.1 Å². The fourth-order valence-corrected chi connectivity index (χ4v) is 3.84. The van der Waals surface area contributed by atoms with Crippen molar-refractivity contribution < 1.29 is 8.42 Å². The topological polar surface area (TPSA) is 76.9 Å². The predicted molar refractivity (Wildman–Crippen MR) is 81.3 cm³/mol. The number of nitrogens with one attached hydrogen (secondary N) is 1. The van der Waals surface area contributed by atoms with Crippen LogP contribution in [0.2, 0.25) is 0 Å². The Morgan fingerprint density at radius 3 is 2.57 bits per heavy atom. The van der Waals surface area contributed by atoms with Gasteiger partial charge >= 0.3 is 0 Å². The first-order valence-corrected chi connectivity index (χ1v) is 8.49. The van der Waals surface area contributed by atoms with Gasteiger partial charge in [0.2, 0.25) is 10.0 Å². The molecule has 7 heteroatoms. The molecule has 0 spiro atoms. The minimum atomic E-state index is -3.34. The average molecular weight is 308 g/mol. The van der Waals surface area contributed by atoms with Crippen molar-refractivity contribution in [1.82, 2.24) is 19.5 Å². The molecule has 21 heavy (non-hydrogen) atoms. The van der Waals surface area contributed by atoms with Crippen molar-refractivity contribution in [2.75, 3.05) is 5.75 Å². The molecule has 114 valence electrons. The smallest absolute Gasteiger partial charge is 0.212 e. The van der Waals surface area contributed by atoms with Gasteiger partial charge in [0.1, 0.15) is 12.7 Å². The van der Waals surface area contributed by atoms with E-state index in [-0.39, 0.29) is 17.7 Å². The molecule has 0 bridgehead atoms. The SMILES string of the molecule is C[C@H](CS(=O)(=O)N[C@@H](C)Cn1cncn1)c1ccccc1. The molecule has 0 saturated heterocycles. The molecule has 0 fully saturated rings. The zero-order valence-corrected chi connectivity index (χ0v) is 13.0. The van der Waals surface area contributed by atoms with Crippen LogP contribution in [0.3, 0.4) is 0 Å². The zero-order valence-electron chi connectivity index (χ0n) is 12.2. The van der Waals surface area contributed by atoms with E-state index in [1.807, 2.05) is 44.2 Å². The minimum Gasteiger partial charge on any atom is -0.251 e. The van der Waals surface area contributed by atoms with Crippen LogP contribution >= 0.6 is 0 Å². The molecule has 6 nitrogen and oxygen atoms in total. The lowest BCUT2D eigenvalue weighted by atomic mass is 10.0. The van der Waals surface area contributed by atoms with Gasteiger partial charge < -0.3 is 0 Å². The molecule has 0 radical (unpaired) electrons. The second-order valence-electron chi connectivity index (χ2n) is 5.23. The predicted octanol–water partition coefficient (Wildman–Crippen LogP) is 1.39. The molecule has 0 unspecified atom stereocenters. The number of nitrogens with zero attached hydrogens (tertiary/aromatic N) is 3. The molecule has 2 rings (SSSR count). The first-order valence-electron chi connectivity index (χ1n) is 6.83. The van der Waals surface area contributed by atoms with Crippen LogP contribution < -0.4 is 4.72 Å². The quantitative estimate of drug-likeness (QED) is 0.838. The number of benzene rings is 1. The van der Waals surface area contributed by atoms with Gasteiger partial charge in [-0.05, 0) is 18.4 Å². The van der Waals surface area contributed by atoms with Gasteiger partial charge in [-0.15, -0.1) is 0 Å². The van der Waals surface area contributed by atoms with E-state index >= 15 is 0 Å². The summed E-state index contributed by atoms with van der Waals surface area (Å²) in [7, 11) is -3.34. The fraction of sp³-hybridized carbons (Fsp3) is 0.429. The Labute approximate surface area is 125 Å². The van der Waals surface area contributed by atoms with Crippen LogP contribution in [0, 0.1) is 0 Å². The summed E-state index contributed by atoms with van der Waals surface area (Å²) >= 11 is 0. The highest BCUT2D eigenvalue weighted by atomic mass is 32.2. The highest BCUT2D eigenvalue weighted by Crippen LogP contribution is 2.16. The summed E-state index contributed by atoms with van der Waals surface area (Å²) in [6.07, 6.45) is 3.00. The van der Waals surface area contributed by atoms with Gasteiger partial charge in [0.05, 0.1) is 12.3 Å². The van der Waals surface area contributed by atoms with Crippen LogP contribution in [0.1, 0.15) is 25.3 Å². The molecule has 1 aromatic heterocycles. The van der Waals surface area contributed by atoms with Gasteiger partial charge in [0.25, 0.3) is 0 Å². The molecule has 2 aromatic rings. The summed E-state index contributed by atoms with van der Waals surface area (Å²) in [6.45, 7) is 4.18. The summed E-state index contributed by atoms with van der Waals surface area (Å²) in [5.74, 6) is 0.0147. The number of hydrogen-bond donors (Lipinski definition) is 1. The maximum absolute atomic E-state index is 12.2. The highest BCUT2D eigenvalue weighted by molar-refractivity contribution is 7.89. The maximum atomic E-state index is 12.2. The summed E-state index contributed by atoms with van der Waals surface area (Å²) in [5.41, 5.74) is 1.02. The Balaban J connectivity index is 1.92. The van der Waals surface area contributed by atoms with E-state index in [0.29, 0.717) is 6.54 Å². The van der Waals surface area contributed by atoms with Gasteiger partial charge in [-0.2, -0.15) is 5.10 Å². The second-order valence-corrected chi connectivity index (χ2v) is 7.03. The molecule has 0 aliphatic rings. The Bertz CT molecular complexity index is 641. The summed E-state index contributed by atoms with van der Waals surface area (Å²) in [4.78, 5) is 3.83. The first-order chi connectivity index (χ1) is 9.96. The molecule has 0 saturated carbocycles. The molecule has 0 aliphatic carbocycles. The maximum Gasteiger partial charge on any atom is 0.212 e. The van der Waals surface area contributed by atoms with Crippen LogP contribution in [0.4, 0.5) is 0 Å². The van der Waals surface area contributed by atoms with Crippen LogP contribution in [0.15, 0.2) is 43.0 Å². The Morgan fingerprint density at radius 2 is 1.95 bits per heavy atom. The average Bonchev–Trinajstić information content (AvgIpc) is 2.91. The van der Waals surface area contributed by atoms with E-state index in [1.165, 1.54) is 6.33 Å². The number of rotatable bonds is 7. The molecular formula is C14H20N4O2S. The molecule has 1 heterocycles. The highest BCUT2D eigenvalue weighted by Gasteiger charge is 2.19. The van der Waals surface area contributed by atoms with Crippen molar-refractivity contribution in [3.8, 4) is 0 Å². The molecule has 0 aliphatic heterocycles. The lowest BCUT2D eigenvalue weighted by molar-refractivity contribution is 0.491. The van der Waals surface area contributed by atoms with Crippen molar-refractivity contribution in [2.24, 2.45) is 0 Å². The van der Waals surface area contributed by atoms with E-state index in [9.17, 15) is 8.42 Å². The van der Waals surface area contributed by atoms with E-state index in [4.69, 9.17) is 0 Å². The molecule has 0 amide bonds.